The molecule has 174 valence electrons. The van der Waals surface area contributed by atoms with Gasteiger partial charge >= 0.3 is 0 Å². The second kappa shape index (κ2) is 9.24. The summed E-state index contributed by atoms with van der Waals surface area (Å²) in [6.45, 7) is 8.12. The Morgan fingerprint density at radius 2 is 1.85 bits per heavy atom. The van der Waals surface area contributed by atoms with Crippen LogP contribution in [0.4, 0.5) is 0 Å². The molecular weight excluding hydrogens is 436 g/mol. The fourth-order valence-electron chi connectivity index (χ4n) is 4.15. The van der Waals surface area contributed by atoms with Crippen molar-refractivity contribution in [3.8, 4) is 5.75 Å². The van der Waals surface area contributed by atoms with E-state index in [2.05, 4.69) is 37.2 Å². The maximum Gasteiger partial charge on any atom is 0.187 e. The molecule has 1 N–H and O–H groups in total. The van der Waals surface area contributed by atoms with Gasteiger partial charge in [0.25, 0.3) is 0 Å². The molecule has 1 saturated heterocycles. The number of halogens is 1. The van der Waals surface area contributed by atoms with E-state index in [9.17, 15) is 4.79 Å². The van der Waals surface area contributed by atoms with Gasteiger partial charge in [-0.25, -0.2) is 0 Å². The standard InChI is InChI=1S/C27H31ClN2O3/c1-26(2,3)21-8-5-19(6-9-21)24(31)11-14-30-15-12-27(13-16-30)18-23(29-33-27)20-7-10-22(28)25(17-20)32-4/h5-11,14,17-18,29H,12-13,15-16H2,1-4H3. The molecule has 33 heavy (non-hydrogen) atoms. The minimum absolute atomic E-state index is 0.0217. The normalized spacial score (nSPS) is 17.8. The van der Waals surface area contributed by atoms with Crippen LogP contribution in [0.25, 0.3) is 5.70 Å². The number of carbonyl (C=O) groups excluding carboxylic acids is 1. The third kappa shape index (κ3) is 5.26. The smallest absolute Gasteiger partial charge is 0.187 e. The van der Waals surface area contributed by atoms with Crippen molar-refractivity contribution in [2.75, 3.05) is 20.2 Å². The Morgan fingerprint density at radius 1 is 1.15 bits per heavy atom. The molecule has 2 heterocycles. The van der Waals surface area contributed by atoms with Crippen LogP contribution in [0.3, 0.4) is 0 Å². The van der Waals surface area contributed by atoms with E-state index in [1.165, 1.54) is 5.56 Å². The van der Waals surface area contributed by atoms with Crippen LogP contribution in [0.15, 0.2) is 60.8 Å². The molecule has 6 heteroatoms. The van der Waals surface area contributed by atoms with Gasteiger partial charge in [-0.05, 0) is 29.2 Å². The fraction of sp³-hybridized carbons (Fsp3) is 0.370. The number of hydrogen-bond acceptors (Lipinski definition) is 5. The Bertz CT molecular complexity index is 1080. The molecule has 0 atom stereocenters. The van der Waals surface area contributed by atoms with E-state index >= 15 is 0 Å². The molecule has 0 radical (unpaired) electrons. The summed E-state index contributed by atoms with van der Waals surface area (Å²) >= 11 is 6.15. The number of ketones is 1. The number of hydrogen-bond donors (Lipinski definition) is 1. The van der Waals surface area contributed by atoms with Gasteiger partial charge < -0.3 is 9.64 Å². The molecule has 0 unspecified atom stereocenters. The van der Waals surface area contributed by atoms with Crippen LogP contribution in [0.1, 0.15) is 55.1 Å². The summed E-state index contributed by atoms with van der Waals surface area (Å²) in [5, 5.41) is 0.579. The van der Waals surface area contributed by atoms with Crippen molar-refractivity contribution in [1.82, 2.24) is 10.4 Å². The highest BCUT2D eigenvalue weighted by atomic mass is 35.5. The zero-order valence-electron chi connectivity index (χ0n) is 19.7. The van der Waals surface area contributed by atoms with Crippen LogP contribution in [0, 0.1) is 0 Å². The second-order valence-electron chi connectivity index (χ2n) is 9.72. The number of ether oxygens (including phenoxy) is 1. The van der Waals surface area contributed by atoms with Crippen molar-refractivity contribution < 1.29 is 14.4 Å². The van der Waals surface area contributed by atoms with E-state index in [0.717, 1.165) is 37.2 Å². The first-order valence-corrected chi connectivity index (χ1v) is 11.6. The summed E-state index contributed by atoms with van der Waals surface area (Å²) < 4.78 is 5.33. The van der Waals surface area contributed by atoms with Crippen molar-refractivity contribution in [3.63, 3.8) is 0 Å². The van der Waals surface area contributed by atoms with Gasteiger partial charge in [0.1, 0.15) is 11.4 Å². The molecule has 5 nitrogen and oxygen atoms in total. The van der Waals surface area contributed by atoms with Gasteiger partial charge in [0.2, 0.25) is 0 Å². The maximum absolute atomic E-state index is 12.6. The first kappa shape index (κ1) is 23.4. The van der Waals surface area contributed by atoms with Crippen LogP contribution in [0.2, 0.25) is 5.02 Å². The van der Waals surface area contributed by atoms with E-state index in [-0.39, 0.29) is 16.8 Å². The van der Waals surface area contributed by atoms with Crippen molar-refractivity contribution in [3.05, 3.63) is 82.5 Å². The monoisotopic (exact) mass is 466 g/mol. The van der Waals surface area contributed by atoms with Crippen molar-refractivity contribution in [2.24, 2.45) is 0 Å². The summed E-state index contributed by atoms with van der Waals surface area (Å²) in [6, 6.07) is 13.6. The number of benzene rings is 2. The van der Waals surface area contributed by atoms with Gasteiger partial charge in [-0.1, -0.05) is 62.7 Å². The number of piperidine rings is 1. The Labute approximate surface area is 201 Å². The van der Waals surface area contributed by atoms with Crippen LogP contribution < -0.4 is 10.2 Å². The Morgan fingerprint density at radius 3 is 2.48 bits per heavy atom. The second-order valence-corrected chi connectivity index (χ2v) is 10.1. The molecule has 1 fully saturated rings. The van der Waals surface area contributed by atoms with Gasteiger partial charge in [0, 0.05) is 49.3 Å². The number of nitrogens with zero attached hydrogens (tertiary/aromatic N) is 1. The van der Waals surface area contributed by atoms with Crippen molar-refractivity contribution in [1.29, 1.82) is 0 Å². The molecule has 0 saturated carbocycles. The summed E-state index contributed by atoms with van der Waals surface area (Å²) in [4.78, 5) is 20.8. The molecule has 0 bridgehead atoms. The fourth-order valence-corrected chi connectivity index (χ4v) is 4.34. The highest BCUT2D eigenvalue weighted by Crippen LogP contribution is 2.36. The van der Waals surface area contributed by atoms with Crippen molar-refractivity contribution in [2.45, 2.75) is 44.6 Å². The Kier molecular flexibility index (Phi) is 6.55. The first-order valence-electron chi connectivity index (χ1n) is 11.3. The zero-order valence-corrected chi connectivity index (χ0v) is 20.4. The maximum atomic E-state index is 12.6. The van der Waals surface area contributed by atoms with Gasteiger partial charge in [0.15, 0.2) is 5.78 Å². The minimum Gasteiger partial charge on any atom is -0.495 e. The highest BCUT2D eigenvalue weighted by molar-refractivity contribution is 6.32. The third-order valence-corrected chi connectivity index (χ3v) is 6.66. The quantitative estimate of drug-likeness (QED) is 0.449. The molecule has 0 aliphatic carbocycles. The topological polar surface area (TPSA) is 50.8 Å². The molecule has 2 aliphatic rings. The lowest BCUT2D eigenvalue weighted by atomic mass is 9.86. The molecule has 1 spiro atoms. The molecule has 4 rings (SSSR count). The SMILES string of the molecule is COc1cc(C2=CC3(CCN(C=CC(=O)c4ccc(C(C)(C)C)cc4)CC3)ON2)ccc1Cl. The molecule has 0 amide bonds. The molecular formula is C27H31ClN2O3. The van der Waals surface area contributed by atoms with Crippen molar-refractivity contribution >= 4 is 23.1 Å². The van der Waals surface area contributed by atoms with Gasteiger partial charge in [0.05, 0.1) is 17.8 Å². The summed E-state index contributed by atoms with van der Waals surface area (Å²) in [7, 11) is 1.61. The van der Waals surface area contributed by atoms with Crippen LogP contribution in [-0.4, -0.2) is 36.5 Å². The van der Waals surface area contributed by atoms with Gasteiger partial charge in [-0.15, -0.1) is 0 Å². The zero-order chi connectivity index (χ0) is 23.6. The average Bonchev–Trinajstić information content (AvgIpc) is 3.22. The van der Waals surface area contributed by atoms with Crippen LogP contribution in [-0.2, 0) is 10.3 Å². The van der Waals surface area contributed by atoms with Gasteiger partial charge in [-0.3, -0.25) is 15.1 Å². The Balaban J connectivity index is 1.36. The lowest BCUT2D eigenvalue weighted by molar-refractivity contribution is -0.0639. The average molecular weight is 467 g/mol. The van der Waals surface area contributed by atoms with E-state index in [1.807, 2.05) is 48.7 Å². The van der Waals surface area contributed by atoms with E-state index in [4.69, 9.17) is 21.2 Å². The summed E-state index contributed by atoms with van der Waals surface area (Å²) in [5.74, 6) is 0.656. The summed E-state index contributed by atoms with van der Waals surface area (Å²) in [5.41, 5.74) is 6.63. The largest absolute Gasteiger partial charge is 0.495 e. The number of hydroxylamine groups is 1. The third-order valence-electron chi connectivity index (χ3n) is 6.35. The number of nitrogens with one attached hydrogen (secondary N) is 1. The Hall–Kier alpha value is -2.76. The van der Waals surface area contributed by atoms with Gasteiger partial charge in [-0.2, -0.15) is 0 Å². The van der Waals surface area contributed by atoms with Crippen LogP contribution >= 0.6 is 11.6 Å². The number of methoxy groups -OCH3 is 1. The van der Waals surface area contributed by atoms with E-state index < -0.39 is 0 Å². The predicted octanol–water partition coefficient (Wildman–Crippen LogP) is 5.75. The highest BCUT2D eigenvalue weighted by Gasteiger charge is 2.38. The minimum atomic E-state index is -0.348. The predicted molar refractivity (Wildman–Crippen MR) is 132 cm³/mol. The molecule has 2 aromatic rings. The van der Waals surface area contributed by atoms with Crippen LogP contribution in [0.5, 0.6) is 5.75 Å². The number of allylic oxidation sites excluding steroid dienone is 1. The van der Waals surface area contributed by atoms with E-state index in [1.54, 1.807) is 13.2 Å². The first-order chi connectivity index (χ1) is 15.7. The lowest BCUT2D eigenvalue weighted by Crippen LogP contribution is -2.42. The lowest BCUT2D eigenvalue weighted by Gasteiger charge is -2.36. The molecule has 2 aliphatic heterocycles. The number of carbonyl (C=O) groups is 1. The molecule has 2 aromatic carbocycles. The number of rotatable bonds is 5. The molecule has 0 aromatic heterocycles. The van der Waals surface area contributed by atoms with E-state index in [0.29, 0.717) is 16.3 Å². The number of likely N-dealkylation sites (tertiary alicyclic amines) is 1. The summed E-state index contributed by atoms with van der Waals surface area (Å²) in [6.07, 6.45) is 7.38.